The maximum atomic E-state index is 5.62. The summed E-state index contributed by atoms with van der Waals surface area (Å²) in [6, 6.07) is 12.7. The van der Waals surface area contributed by atoms with Crippen LogP contribution >= 0.6 is 11.8 Å². The maximum Gasteiger partial charge on any atom is 0.119 e. The number of nitrogens with one attached hydrogen (secondary N) is 1. The Balaban J connectivity index is 1.84. The van der Waals surface area contributed by atoms with Crippen LogP contribution in [0.1, 0.15) is 30.7 Å². The second-order valence-corrected chi connectivity index (χ2v) is 5.88. The third-order valence-electron chi connectivity index (χ3n) is 3.21. The standard InChI is InChI=1S/C17H23NO2S/c1-3-10-19-15-8-6-14(7-9-15)17(18-2)13-21-12-16-5-4-11-20-16/h4-9,11,17-18H,3,10,12-13H2,1-2H3. The molecule has 0 radical (unpaired) electrons. The lowest BCUT2D eigenvalue weighted by Crippen LogP contribution is -2.18. The van der Waals surface area contributed by atoms with Crippen LogP contribution in [0.2, 0.25) is 0 Å². The molecule has 0 saturated carbocycles. The zero-order valence-corrected chi connectivity index (χ0v) is 13.5. The van der Waals surface area contributed by atoms with E-state index in [4.69, 9.17) is 9.15 Å². The average Bonchev–Trinajstić information content (AvgIpc) is 3.03. The molecule has 3 nitrogen and oxygen atoms in total. The Kier molecular flexibility index (Phi) is 6.70. The number of furan rings is 1. The van der Waals surface area contributed by atoms with Crippen LogP contribution < -0.4 is 10.1 Å². The summed E-state index contributed by atoms with van der Waals surface area (Å²) in [7, 11) is 2.00. The lowest BCUT2D eigenvalue weighted by atomic mass is 10.1. The van der Waals surface area contributed by atoms with Crippen LogP contribution in [-0.2, 0) is 5.75 Å². The van der Waals surface area contributed by atoms with Gasteiger partial charge in [0, 0.05) is 11.8 Å². The molecule has 4 heteroatoms. The van der Waals surface area contributed by atoms with Gasteiger partial charge in [-0.2, -0.15) is 11.8 Å². The third-order valence-corrected chi connectivity index (χ3v) is 4.27. The van der Waals surface area contributed by atoms with E-state index in [1.165, 1.54) is 5.56 Å². The molecule has 0 aliphatic heterocycles. The van der Waals surface area contributed by atoms with Gasteiger partial charge in [-0.1, -0.05) is 19.1 Å². The zero-order valence-electron chi connectivity index (χ0n) is 12.7. The summed E-state index contributed by atoms with van der Waals surface area (Å²) in [5, 5.41) is 3.37. The van der Waals surface area contributed by atoms with E-state index in [1.807, 2.05) is 43.1 Å². The summed E-state index contributed by atoms with van der Waals surface area (Å²) in [6.45, 7) is 2.88. The van der Waals surface area contributed by atoms with E-state index in [9.17, 15) is 0 Å². The lowest BCUT2D eigenvalue weighted by Gasteiger charge is -2.16. The summed E-state index contributed by atoms with van der Waals surface area (Å²) >= 11 is 1.87. The van der Waals surface area contributed by atoms with Crippen molar-refractivity contribution in [3.63, 3.8) is 0 Å². The lowest BCUT2D eigenvalue weighted by molar-refractivity contribution is 0.317. The molecule has 21 heavy (non-hydrogen) atoms. The molecule has 0 aliphatic rings. The van der Waals surface area contributed by atoms with Gasteiger partial charge >= 0.3 is 0 Å². The van der Waals surface area contributed by atoms with E-state index < -0.39 is 0 Å². The molecular formula is C17H23NO2S. The van der Waals surface area contributed by atoms with E-state index in [-0.39, 0.29) is 0 Å². The highest BCUT2D eigenvalue weighted by Gasteiger charge is 2.10. The van der Waals surface area contributed by atoms with Crippen LogP contribution in [0.3, 0.4) is 0 Å². The highest BCUT2D eigenvalue weighted by molar-refractivity contribution is 7.98. The maximum absolute atomic E-state index is 5.62. The second kappa shape index (κ2) is 8.80. The molecule has 1 aromatic carbocycles. The predicted molar refractivity (Wildman–Crippen MR) is 88.9 cm³/mol. The van der Waals surface area contributed by atoms with E-state index in [0.29, 0.717) is 6.04 Å². The van der Waals surface area contributed by atoms with E-state index >= 15 is 0 Å². The van der Waals surface area contributed by atoms with Gasteiger partial charge in [0.1, 0.15) is 11.5 Å². The topological polar surface area (TPSA) is 34.4 Å². The predicted octanol–water partition coefficient (Wildman–Crippen LogP) is 4.26. The molecule has 0 bridgehead atoms. The minimum atomic E-state index is 0.338. The molecule has 1 atom stereocenters. The Morgan fingerprint density at radius 3 is 2.67 bits per heavy atom. The van der Waals surface area contributed by atoms with Crippen LogP contribution in [0.25, 0.3) is 0 Å². The van der Waals surface area contributed by atoms with Crippen molar-refractivity contribution >= 4 is 11.8 Å². The van der Waals surface area contributed by atoms with Gasteiger partial charge in [0.25, 0.3) is 0 Å². The van der Waals surface area contributed by atoms with Gasteiger partial charge in [0.05, 0.1) is 18.6 Å². The summed E-state index contributed by atoms with van der Waals surface area (Å²) in [6.07, 6.45) is 2.75. The minimum absolute atomic E-state index is 0.338. The fraction of sp³-hybridized carbons (Fsp3) is 0.412. The molecule has 1 N–H and O–H groups in total. The molecule has 0 fully saturated rings. The van der Waals surface area contributed by atoms with Gasteiger partial charge < -0.3 is 14.5 Å². The summed E-state index contributed by atoms with van der Waals surface area (Å²) in [4.78, 5) is 0. The van der Waals surface area contributed by atoms with Crippen molar-refractivity contribution in [2.24, 2.45) is 0 Å². The highest BCUT2D eigenvalue weighted by Crippen LogP contribution is 2.23. The first kappa shape index (κ1) is 16.0. The first-order valence-electron chi connectivity index (χ1n) is 7.33. The number of hydrogen-bond acceptors (Lipinski definition) is 4. The summed E-state index contributed by atoms with van der Waals surface area (Å²) in [5.41, 5.74) is 1.29. The van der Waals surface area contributed by atoms with E-state index in [0.717, 1.165) is 36.0 Å². The van der Waals surface area contributed by atoms with Gasteiger partial charge in [0.2, 0.25) is 0 Å². The van der Waals surface area contributed by atoms with Crippen molar-refractivity contribution in [1.29, 1.82) is 0 Å². The van der Waals surface area contributed by atoms with Crippen molar-refractivity contribution in [2.45, 2.75) is 25.1 Å². The molecule has 2 rings (SSSR count). The van der Waals surface area contributed by atoms with Gasteiger partial charge in [0.15, 0.2) is 0 Å². The molecule has 0 spiro atoms. The largest absolute Gasteiger partial charge is 0.494 e. The first-order chi connectivity index (χ1) is 10.3. The average molecular weight is 305 g/mol. The van der Waals surface area contributed by atoms with E-state index in [2.05, 4.69) is 24.4 Å². The Morgan fingerprint density at radius 1 is 1.24 bits per heavy atom. The molecule has 0 aliphatic carbocycles. The number of rotatable bonds is 9. The second-order valence-electron chi connectivity index (χ2n) is 4.85. The van der Waals surface area contributed by atoms with Gasteiger partial charge in [-0.3, -0.25) is 0 Å². The van der Waals surface area contributed by atoms with Crippen molar-refractivity contribution < 1.29 is 9.15 Å². The monoisotopic (exact) mass is 305 g/mol. The quantitative estimate of drug-likeness (QED) is 0.750. The third kappa shape index (κ3) is 5.14. The van der Waals surface area contributed by atoms with Crippen molar-refractivity contribution in [3.8, 4) is 5.75 Å². The fourth-order valence-electron chi connectivity index (χ4n) is 2.03. The Hall–Kier alpha value is -1.39. The number of thioether (sulfide) groups is 1. The molecule has 0 saturated heterocycles. The van der Waals surface area contributed by atoms with E-state index in [1.54, 1.807) is 6.26 Å². The van der Waals surface area contributed by atoms with Gasteiger partial charge in [-0.15, -0.1) is 0 Å². The normalized spacial score (nSPS) is 12.3. The van der Waals surface area contributed by atoms with Crippen LogP contribution in [0.4, 0.5) is 0 Å². The van der Waals surface area contributed by atoms with Crippen LogP contribution in [-0.4, -0.2) is 19.4 Å². The highest BCUT2D eigenvalue weighted by atomic mass is 32.2. The number of hydrogen-bond donors (Lipinski definition) is 1. The van der Waals surface area contributed by atoms with Crippen molar-refractivity contribution in [3.05, 3.63) is 54.0 Å². The SMILES string of the molecule is CCCOc1ccc(C(CSCc2ccco2)NC)cc1. The Morgan fingerprint density at radius 2 is 2.05 bits per heavy atom. The summed E-state index contributed by atoms with van der Waals surface area (Å²) < 4.78 is 11.0. The zero-order chi connectivity index (χ0) is 14.9. The van der Waals surface area contributed by atoms with Crippen LogP contribution in [0, 0.1) is 0 Å². The molecule has 0 amide bonds. The fourth-order valence-corrected chi connectivity index (χ4v) is 3.11. The minimum Gasteiger partial charge on any atom is -0.494 e. The molecule has 1 heterocycles. The molecular weight excluding hydrogens is 282 g/mol. The molecule has 114 valence electrons. The number of benzene rings is 1. The smallest absolute Gasteiger partial charge is 0.119 e. The number of ether oxygens (including phenoxy) is 1. The first-order valence-corrected chi connectivity index (χ1v) is 8.49. The Bertz CT molecular complexity index is 496. The van der Waals surface area contributed by atoms with Crippen LogP contribution in [0.15, 0.2) is 47.1 Å². The van der Waals surface area contributed by atoms with Crippen LogP contribution in [0.5, 0.6) is 5.75 Å². The Labute approximate surface area is 131 Å². The molecule has 1 aromatic heterocycles. The van der Waals surface area contributed by atoms with Gasteiger partial charge in [-0.25, -0.2) is 0 Å². The summed E-state index contributed by atoms with van der Waals surface area (Å²) in [5.74, 6) is 3.88. The van der Waals surface area contributed by atoms with Crippen molar-refractivity contribution in [2.75, 3.05) is 19.4 Å². The van der Waals surface area contributed by atoms with Gasteiger partial charge in [-0.05, 0) is 43.3 Å². The molecule has 1 unspecified atom stereocenters. The van der Waals surface area contributed by atoms with Crippen molar-refractivity contribution in [1.82, 2.24) is 5.32 Å². The molecule has 2 aromatic rings.